The van der Waals surface area contributed by atoms with Crippen molar-refractivity contribution in [2.75, 3.05) is 42.3 Å². The van der Waals surface area contributed by atoms with Crippen LogP contribution in [-0.4, -0.2) is 62.3 Å². The topological polar surface area (TPSA) is 21.8 Å². The summed E-state index contributed by atoms with van der Waals surface area (Å²) in [4.78, 5) is 0. The summed E-state index contributed by atoms with van der Waals surface area (Å²) in [7, 11) is 11.5. The molecular weight excluding hydrogens is 299 g/mol. The monoisotopic (exact) mass is 326 g/mol. The Kier molecular flexibility index (Phi) is 7.69. The molecule has 104 valence electrons. The normalized spacial score (nSPS) is 18.2. The van der Waals surface area contributed by atoms with Gasteiger partial charge in [-0.15, -0.1) is 19.1 Å². The van der Waals surface area contributed by atoms with Gasteiger partial charge in [-0.1, -0.05) is 12.8 Å². The van der Waals surface area contributed by atoms with Crippen molar-refractivity contribution >= 4 is 7.87 Å². The van der Waals surface area contributed by atoms with Gasteiger partial charge in [-0.25, -0.2) is 0 Å². The Bertz CT molecular complexity index is 196. The zero-order valence-electron chi connectivity index (χ0n) is 12.1. The molecule has 4 nitrogen and oxygen atoms in total. The minimum absolute atomic E-state index is 0. The van der Waals surface area contributed by atoms with Gasteiger partial charge in [0.1, 0.15) is 0 Å². The maximum absolute atomic E-state index is 3.92. The summed E-state index contributed by atoms with van der Waals surface area (Å²) in [5, 5.41) is 3.92. The number of hydrogen-bond acceptors (Lipinski definition) is 4. The van der Waals surface area contributed by atoms with Crippen molar-refractivity contribution in [2.45, 2.75) is 31.7 Å². The third kappa shape index (κ3) is 3.85. The van der Waals surface area contributed by atoms with Gasteiger partial charge in [0.15, 0.2) is 0 Å². The smallest absolute Gasteiger partial charge is 0.304 e. The van der Waals surface area contributed by atoms with E-state index in [2.05, 4.69) is 61.4 Å². The molecule has 0 radical (unpaired) electrons. The highest BCUT2D eigenvalue weighted by Gasteiger charge is 2.49. The first-order valence-corrected chi connectivity index (χ1v) is 7.76. The standard InChI is InChI=1S/C11H28N4P.BrH/c1-13(2)16(14(3)4,15(5)6)12-11-9-7-8-10-11;/h11-12H,7-10H2,1-6H3;1H/q+1;/p-1. The quantitative estimate of drug-likeness (QED) is 0.646. The lowest BCUT2D eigenvalue weighted by atomic mass is 10.3. The lowest BCUT2D eigenvalue weighted by molar-refractivity contribution is -0.00000388. The highest BCUT2D eigenvalue weighted by atomic mass is 79.9. The molecule has 6 heteroatoms. The Labute approximate surface area is 118 Å². The molecule has 0 atom stereocenters. The van der Waals surface area contributed by atoms with E-state index in [1.54, 1.807) is 0 Å². The van der Waals surface area contributed by atoms with Crippen molar-refractivity contribution < 1.29 is 17.0 Å². The van der Waals surface area contributed by atoms with E-state index in [0.29, 0.717) is 6.04 Å². The lowest BCUT2D eigenvalue weighted by Gasteiger charge is -2.40. The molecule has 0 bridgehead atoms. The first-order valence-electron chi connectivity index (χ1n) is 6.11. The molecule has 0 aliphatic heterocycles. The Morgan fingerprint density at radius 3 is 1.47 bits per heavy atom. The Morgan fingerprint density at radius 2 is 1.18 bits per heavy atom. The van der Waals surface area contributed by atoms with Crippen LogP contribution in [0, 0.1) is 0 Å². The minimum atomic E-state index is -1.51. The second kappa shape index (κ2) is 7.37. The van der Waals surface area contributed by atoms with Crippen LogP contribution in [0.15, 0.2) is 0 Å². The van der Waals surface area contributed by atoms with E-state index in [-0.39, 0.29) is 17.0 Å². The average Bonchev–Trinajstić information content (AvgIpc) is 2.64. The zero-order chi connectivity index (χ0) is 12.3. The largest absolute Gasteiger partial charge is 1.00 e. The van der Waals surface area contributed by atoms with E-state index in [1.807, 2.05) is 0 Å². The van der Waals surface area contributed by atoms with E-state index >= 15 is 0 Å². The third-order valence-electron chi connectivity index (χ3n) is 3.38. The van der Waals surface area contributed by atoms with Crippen molar-refractivity contribution in [3.8, 4) is 0 Å². The van der Waals surface area contributed by atoms with Crippen LogP contribution in [-0.2, 0) is 0 Å². The highest BCUT2D eigenvalue weighted by molar-refractivity contribution is 7.66. The van der Waals surface area contributed by atoms with Crippen LogP contribution in [0.4, 0.5) is 0 Å². The molecular formula is C11H28BrN4P. The summed E-state index contributed by atoms with van der Waals surface area (Å²) in [5.41, 5.74) is 0. The van der Waals surface area contributed by atoms with Crippen molar-refractivity contribution in [2.24, 2.45) is 0 Å². The van der Waals surface area contributed by atoms with E-state index in [1.165, 1.54) is 25.7 Å². The number of hydrogen-bond donors (Lipinski definition) is 1. The fraction of sp³-hybridized carbons (Fsp3) is 1.00. The lowest BCUT2D eigenvalue weighted by Crippen LogP contribution is -3.00. The summed E-state index contributed by atoms with van der Waals surface area (Å²) in [5.74, 6) is 0. The predicted molar refractivity (Wildman–Crippen MR) is 73.4 cm³/mol. The summed E-state index contributed by atoms with van der Waals surface area (Å²) in [6.07, 6.45) is 5.42. The molecule has 0 unspecified atom stereocenters. The van der Waals surface area contributed by atoms with Gasteiger partial charge in [0, 0.05) is 48.3 Å². The third-order valence-corrected chi connectivity index (χ3v) is 7.44. The van der Waals surface area contributed by atoms with Crippen LogP contribution in [0.2, 0.25) is 0 Å². The molecule has 1 N–H and O–H groups in total. The zero-order valence-corrected chi connectivity index (χ0v) is 14.6. The van der Waals surface area contributed by atoms with Gasteiger partial charge in [-0.2, -0.15) is 0 Å². The molecule has 17 heavy (non-hydrogen) atoms. The SMILES string of the molecule is CN(C)[P+](NC1CCCC1)(N(C)C)N(C)C.[Br-]. The number of rotatable bonds is 5. The van der Waals surface area contributed by atoms with E-state index in [9.17, 15) is 0 Å². The van der Waals surface area contributed by atoms with Crippen LogP contribution in [0.3, 0.4) is 0 Å². The molecule has 1 aliphatic rings. The van der Waals surface area contributed by atoms with Crippen molar-refractivity contribution in [3.63, 3.8) is 0 Å². The van der Waals surface area contributed by atoms with Gasteiger partial charge in [0.25, 0.3) is 0 Å². The maximum atomic E-state index is 3.92. The molecule has 1 aliphatic carbocycles. The summed E-state index contributed by atoms with van der Waals surface area (Å²) < 4.78 is 7.06. The van der Waals surface area contributed by atoms with E-state index < -0.39 is 7.87 Å². The molecule has 1 fully saturated rings. The van der Waals surface area contributed by atoms with E-state index in [0.717, 1.165) is 0 Å². The first-order chi connectivity index (χ1) is 7.41. The van der Waals surface area contributed by atoms with Crippen LogP contribution >= 0.6 is 7.87 Å². The van der Waals surface area contributed by atoms with Gasteiger partial charge in [-0.3, -0.25) is 0 Å². The van der Waals surface area contributed by atoms with Crippen molar-refractivity contribution in [3.05, 3.63) is 0 Å². The van der Waals surface area contributed by atoms with Crippen LogP contribution in [0.1, 0.15) is 25.7 Å². The molecule has 0 amide bonds. The van der Waals surface area contributed by atoms with Crippen LogP contribution in [0.25, 0.3) is 0 Å². The molecule has 0 heterocycles. The van der Waals surface area contributed by atoms with Gasteiger partial charge in [-0.05, 0) is 12.8 Å². The molecule has 0 aromatic carbocycles. The van der Waals surface area contributed by atoms with Crippen molar-refractivity contribution in [1.82, 2.24) is 19.1 Å². The molecule has 1 saturated carbocycles. The van der Waals surface area contributed by atoms with Gasteiger partial charge in [0.2, 0.25) is 0 Å². The van der Waals surface area contributed by atoms with Gasteiger partial charge < -0.3 is 17.0 Å². The Hall–Kier alpha value is 0.750. The van der Waals surface area contributed by atoms with E-state index in [4.69, 9.17) is 0 Å². The first kappa shape index (κ1) is 17.8. The summed E-state index contributed by atoms with van der Waals surface area (Å²) in [6, 6.07) is 0.695. The highest BCUT2D eigenvalue weighted by Crippen LogP contribution is 2.60. The second-order valence-corrected chi connectivity index (χ2v) is 9.02. The van der Waals surface area contributed by atoms with Crippen molar-refractivity contribution in [1.29, 1.82) is 0 Å². The number of halogens is 1. The van der Waals surface area contributed by atoms with Crippen LogP contribution in [0.5, 0.6) is 0 Å². The summed E-state index contributed by atoms with van der Waals surface area (Å²) >= 11 is 0. The minimum Gasteiger partial charge on any atom is -1.00 e. The Morgan fingerprint density at radius 1 is 0.824 bits per heavy atom. The number of nitrogens with zero attached hydrogens (tertiary/aromatic N) is 3. The van der Waals surface area contributed by atoms with Gasteiger partial charge >= 0.3 is 7.87 Å². The maximum Gasteiger partial charge on any atom is 0.304 e. The molecule has 0 aromatic rings. The Balaban J connectivity index is 0.00000256. The predicted octanol–water partition coefficient (Wildman–Crippen LogP) is -1.11. The number of nitrogens with one attached hydrogen (secondary N) is 1. The van der Waals surface area contributed by atoms with Crippen LogP contribution < -0.4 is 22.1 Å². The average molecular weight is 327 g/mol. The molecule has 0 aromatic heterocycles. The van der Waals surface area contributed by atoms with Gasteiger partial charge in [0.05, 0.1) is 0 Å². The fourth-order valence-electron chi connectivity index (χ4n) is 2.72. The molecule has 0 saturated heterocycles. The second-order valence-electron chi connectivity index (χ2n) is 5.22. The summed E-state index contributed by atoms with van der Waals surface area (Å²) in [6.45, 7) is 0. The fourth-order valence-corrected chi connectivity index (χ4v) is 6.31. The molecule has 0 spiro atoms. The molecule has 1 rings (SSSR count).